The molecule has 6 heteroatoms. The summed E-state index contributed by atoms with van der Waals surface area (Å²) in [6, 6.07) is 4.63. The van der Waals surface area contributed by atoms with E-state index in [1.165, 1.54) is 0 Å². The molecule has 1 heterocycles. The van der Waals surface area contributed by atoms with Gasteiger partial charge in [0.05, 0.1) is 18.0 Å². The maximum atomic E-state index is 12.0. The summed E-state index contributed by atoms with van der Waals surface area (Å²) in [6.07, 6.45) is 0.945. The molecule has 1 fully saturated rings. The number of carbonyl (C=O) groups excluding carboxylic acids is 1. The Morgan fingerprint density at radius 1 is 1.61 bits per heavy atom. The number of halogens is 1. The molecule has 1 aromatic rings. The van der Waals surface area contributed by atoms with Crippen LogP contribution in [0.3, 0.4) is 0 Å². The third kappa shape index (κ3) is 2.93. The van der Waals surface area contributed by atoms with E-state index in [1.807, 2.05) is 0 Å². The highest BCUT2D eigenvalue weighted by molar-refractivity contribution is 6.31. The van der Waals surface area contributed by atoms with E-state index in [9.17, 15) is 4.79 Å². The van der Waals surface area contributed by atoms with Gasteiger partial charge in [-0.3, -0.25) is 9.63 Å². The number of anilines is 2. The first-order valence-electron chi connectivity index (χ1n) is 5.83. The first-order chi connectivity index (χ1) is 8.58. The average Bonchev–Trinajstić information content (AvgIpc) is 2.85. The monoisotopic (exact) mass is 269 g/mol. The van der Waals surface area contributed by atoms with Crippen molar-refractivity contribution in [2.24, 2.45) is 0 Å². The normalized spacial score (nSPS) is 17.7. The van der Waals surface area contributed by atoms with Crippen LogP contribution >= 0.6 is 11.6 Å². The van der Waals surface area contributed by atoms with Crippen LogP contribution in [0, 0.1) is 0 Å². The van der Waals surface area contributed by atoms with Crippen LogP contribution in [0.15, 0.2) is 18.2 Å². The van der Waals surface area contributed by atoms with Gasteiger partial charge in [-0.15, -0.1) is 0 Å². The number of hydrogen-bond acceptors (Lipinski definition) is 4. The second kappa shape index (κ2) is 5.56. The molecule has 1 saturated heterocycles. The van der Waals surface area contributed by atoms with E-state index in [0.717, 1.165) is 13.0 Å². The first kappa shape index (κ1) is 13.1. The minimum absolute atomic E-state index is 0.147. The molecule has 0 spiro atoms. The molecule has 1 amide bonds. The van der Waals surface area contributed by atoms with Crippen LogP contribution in [0.25, 0.3) is 0 Å². The van der Waals surface area contributed by atoms with Crippen LogP contribution in [-0.4, -0.2) is 30.2 Å². The zero-order chi connectivity index (χ0) is 13.1. The van der Waals surface area contributed by atoms with E-state index in [4.69, 9.17) is 22.2 Å². The molecule has 0 bridgehead atoms. The Hall–Kier alpha value is -1.30. The van der Waals surface area contributed by atoms with Gasteiger partial charge in [0.15, 0.2) is 0 Å². The summed E-state index contributed by atoms with van der Waals surface area (Å²) < 4.78 is 0. The number of nitrogens with zero attached hydrogens (tertiary/aromatic N) is 1. The van der Waals surface area contributed by atoms with Gasteiger partial charge in [-0.25, -0.2) is 0 Å². The fourth-order valence-corrected chi connectivity index (χ4v) is 1.97. The molecule has 1 aliphatic rings. The molecule has 0 aromatic heterocycles. The number of nitrogens with one attached hydrogen (secondary N) is 1. The number of benzene rings is 1. The van der Waals surface area contributed by atoms with Crippen molar-refractivity contribution < 1.29 is 9.63 Å². The van der Waals surface area contributed by atoms with Gasteiger partial charge in [0.25, 0.3) is 0 Å². The number of rotatable bonds is 3. The summed E-state index contributed by atoms with van der Waals surface area (Å²) in [5.41, 5.74) is 6.79. The molecule has 0 saturated carbocycles. The van der Waals surface area contributed by atoms with E-state index < -0.39 is 0 Å². The van der Waals surface area contributed by atoms with Crippen molar-refractivity contribution in [2.45, 2.75) is 19.4 Å². The minimum Gasteiger partial charge on any atom is -0.397 e. The van der Waals surface area contributed by atoms with Crippen molar-refractivity contribution in [3.05, 3.63) is 23.2 Å². The van der Waals surface area contributed by atoms with Gasteiger partial charge < -0.3 is 11.1 Å². The lowest BCUT2D eigenvalue weighted by Crippen LogP contribution is -2.39. The van der Waals surface area contributed by atoms with Gasteiger partial charge in [-0.1, -0.05) is 11.6 Å². The molecule has 1 aromatic carbocycles. The zero-order valence-corrected chi connectivity index (χ0v) is 10.9. The van der Waals surface area contributed by atoms with Gasteiger partial charge in [0.1, 0.15) is 6.04 Å². The van der Waals surface area contributed by atoms with Crippen LogP contribution in [0.1, 0.15) is 13.3 Å². The largest absolute Gasteiger partial charge is 0.397 e. The second-order valence-corrected chi connectivity index (χ2v) is 4.66. The summed E-state index contributed by atoms with van der Waals surface area (Å²) in [6.45, 7) is 3.23. The Kier molecular flexibility index (Phi) is 4.06. The molecule has 2 rings (SSSR count). The predicted molar refractivity (Wildman–Crippen MR) is 71.2 cm³/mol. The molecule has 3 N–H and O–H groups in total. The molecule has 1 aliphatic heterocycles. The lowest BCUT2D eigenvalue weighted by atomic mass is 10.2. The van der Waals surface area contributed by atoms with Crippen molar-refractivity contribution in [2.75, 3.05) is 24.2 Å². The van der Waals surface area contributed by atoms with E-state index in [1.54, 1.807) is 30.2 Å². The molecule has 98 valence electrons. The Bertz CT molecular complexity index is 447. The quantitative estimate of drug-likeness (QED) is 0.823. The van der Waals surface area contributed by atoms with E-state index >= 15 is 0 Å². The van der Waals surface area contributed by atoms with Gasteiger partial charge in [-0.2, -0.15) is 5.06 Å². The topological polar surface area (TPSA) is 67.6 Å². The van der Waals surface area contributed by atoms with E-state index in [2.05, 4.69) is 5.32 Å². The molecule has 0 radical (unpaired) electrons. The minimum atomic E-state index is -0.345. The highest BCUT2D eigenvalue weighted by Gasteiger charge is 2.25. The molecular weight excluding hydrogens is 254 g/mol. The summed E-state index contributed by atoms with van der Waals surface area (Å²) >= 11 is 5.80. The number of nitrogens with two attached hydrogens (primary N) is 1. The number of nitrogen functional groups attached to an aromatic ring is 1. The van der Waals surface area contributed by atoms with Crippen molar-refractivity contribution in [1.82, 2.24) is 5.06 Å². The summed E-state index contributed by atoms with van der Waals surface area (Å²) in [7, 11) is 0. The number of carbonyl (C=O) groups is 1. The fraction of sp³-hybridized carbons (Fsp3) is 0.417. The zero-order valence-electron chi connectivity index (χ0n) is 10.1. The van der Waals surface area contributed by atoms with E-state index in [0.29, 0.717) is 23.0 Å². The Balaban J connectivity index is 2.01. The standard InChI is InChI=1S/C12H16ClN3O2/c1-8(16-5-2-6-18-16)12(17)15-11-4-3-9(13)7-10(11)14/h3-4,7-8H,2,5-6,14H2,1H3,(H,15,17). The third-order valence-electron chi connectivity index (χ3n) is 2.86. The number of hydroxylamine groups is 2. The summed E-state index contributed by atoms with van der Waals surface area (Å²) in [5.74, 6) is -0.147. The lowest BCUT2D eigenvalue weighted by molar-refractivity contribution is -0.154. The number of hydrogen-bond donors (Lipinski definition) is 2. The molecular formula is C12H16ClN3O2. The van der Waals surface area contributed by atoms with Crippen LogP contribution in [0.4, 0.5) is 11.4 Å². The molecule has 1 unspecified atom stereocenters. The van der Waals surface area contributed by atoms with Crippen molar-refractivity contribution in [3.63, 3.8) is 0 Å². The van der Waals surface area contributed by atoms with Crippen LogP contribution in [0.2, 0.25) is 5.02 Å². The molecule has 5 nitrogen and oxygen atoms in total. The predicted octanol–water partition coefficient (Wildman–Crippen LogP) is 1.89. The van der Waals surface area contributed by atoms with Crippen LogP contribution in [0.5, 0.6) is 0 Å². The second-order valence-electron chi connectivity index (χ2n) is 4.22. The third-order valence-corrected chi connectivity index (χ3v) is 3.10. The van der Waals surface area contributed by atoms with Gasteiger partial charge >= 0.3 is 0 Å². The Morgan fingerprint density at radius 2 is 2.39 bits per heavy atom. The maximum Gasteiger partial charge on any atom is 0.243 e. The van der Waals surface area contributed by atoms with Crippen molar-refractivity contribution >= 4 is 28.9 Å². The summed E-state index contributed by atoms with van der Waals surface area (Å²) in [5, 5.41) is 4.99. The smallest absolute Gasteiger partial charge is 0.243 e. The van der Waals surface area contributed by atoms with Gasteiger partial charge in [-0.05, 0) is 31.5 Å². The number of amides is 1. The molecule has 1 atom stereocenters. The highest BCUT2D eigenvalue weighted by Crippen LogP contribution is 2.23. The Labute approximate surface area is 111 Å². The van der Waals surface area contributed by atoms with Crippen molar-refractivity contribution in [1.29, 1.82) is 0 Å². The molecule has 18 heavy (non-hydrogen) atoms. The van der Waals surface area contributed by atoms with Crippen LogP contribution < -0.4 is 11.1 Å². The van der Waals surface area contributed by atoms with Gasteiger partial charge in [0, 0.05) is 11.6 Å². The van der Waals surface area contributed by atoms with Gasteiger partial charge in [0.2, 0.25) is 5.91 Å². The highest BCUT2D eigenvalue weighted by atomic mass is 35.5. The Morgan fingerprint density at radius 3 is 3.00 bits per heavy atom. The lowest BCUT2D eigenvalue weighted by Gasteiger charge is -2.21. The van der Waals surface area contributed by atoms with E-state index in [-0.39, 0.29) is 11.9 Å². The molecule has 0 aliphatic carbocycles. The average molecular weight is 270 g/mol. The summed E-state index contributed by atoms with van der Waals surface area (Å²) in [4.78, 5) is 17.4. The fourth-order valence-electron chi connectivity index (χ4n) is 1.79. The van der Waals surface area contributed by atoms with Crippen molar-refractivity contribution in [3.8, 4) is 0 Å². The first-order valence-corrected chi connectivity index (χ1v) is 6.21. The van der Waals surface area contributed by atoms with Crippen LogP contribution in [-0.2, 0) is 9.63 Å². The SMILES string of the molecule is CC(C(=O)Nc1ccc(Cl)cc1N)N1CCCO1. The maximum absolute atomic E-state index is 12.0.